The normalized spacial score (nSPS) is 17.3. The fourth-order valence-electron chi connectivity index (χ4n) is 8.65. The van der Waals surface area contributed by atoms with Gasteiger partial charge in [0.25, 0.3) is 11.8 Å². The van der Waals surface area contributed by atoms with E-state index in [0.29, 0.717) is 55.5 Å². The van der Waals surface area contributed by atoms with Crippen LogP contribution < -0.4 is 25.5 Å². The minimum absolute atomic E-state index is 0.246. The van der Waals surface area contributed by atoms with Crippen molar-refractivity contribution in [2.45, 2.75) is 57.2 Å². The maximum Gasteiger partial charge on any atom is 0.268 e. The quantitative estimate of drug-likeness (QED) is 0.119. The summed E-state index contributed by atoms with van der Waals surface area (Å²) in [7, 11) is 1.92. The molecule has 3 aromatic carbocycles. The number of alkyl halides is 1. The molecule has 0 aliphatic carbocycles. The second kappa shape index (κ2) is 14.3. The maximum atomic E-state index is 14.3. The van der Waals surface area contributed by atoms with Crippen molar-refractivity contribution in [3.8, 4) is 6.19 Å². The average molecular weight is 726 g/mol. The smallest absolute Gasteiger partial charge is 0.268 e. The molecule has 0 saturated heterocycles. The molecular weight excluding hydrogens is 678 g/mol. The van der Waals surface area contributed by atoms with Crippen LogP contribution >= 0.6 is 11.6 Å². The van der Waals surface area contributed by atoms with Crippen molar-refractivity contribution in [2.24, 2.45) is 0 Å². The number of ether oxygens (including phenoxy) is 2. The zero-order chi connectivity index (χ0) is 35.9. The van der Waals surface area contributed by atoms with Crippen LogP contribution in [0.1, 0.15) is 74.2 Å². The van der Waals surface area contributed by atoms with Gasteiger partial charge in [-0.15, -0.1) is 11.6 Å². The first-order chi connectivity index (χ1) is 24.6. The zero-order valence-corrected chi connectivity index (χ0v) is 32.0. The number of hydrogen-bond donors (Lipinski definition) is 1. The summed E-state index contributed by atoms with van der Waals surface area (Å²) in [5.74, 6) is 0.128. The first kappa shape index (κ1) is 35.5. The molecule has 0 fully saturated rings. The lowest BCUT2D eigenvalue weighted by molar-refractivity contribution is 0.0468. The molecule has 1 spiro atoms. The Bertz CT molecular complexity index is 1840. The van der Waals surface area contributed by atoms with E-state index in [0.717, 1.165) is 62.7 Å². The number of unbranched alkanes of at least 4 members (excludes halogenated alkanes) is 3. The van der Waals surface area contributed by atoms with Gasteiger partial charge in [-0.2, -0.15) is 5.26 Å². The van der Waals surface area contributed by atoms with E-state index in [4.69, 9.17) is 21.1 Å². The number of rotatable bonds is 13. The van der Waals surface area contributed by atoms with Crippen LogP contribution in [-0.2, 0) is 27.9 Å². The van der Waals surface area contributed by atoms with E-state index in [-0.39, 0.29) is 11.8 Å². The number of amides is 2. The van der Waals surface area contributed by atoms with E-state index in [1.165, 1.54) is 37.8 Å². The topological polar surface area (TPSA) is 98.1 Å². The van der Waals surface area contributed by atoms with Crippen molar-refractivity contribution in [2.75, 3.05) is 75.8 Å². The first-order valence-electron chi connectivity index (χ1n) is 18.3. The molecule has 0 saturated carbocycles. The lowest BCUT2D eigenvalue weighted by Gasteiger charge is -2.47. The van der Waals surface area contributed by atoms with Crippen molar-refractivity contribution in [3.05, 3.63) is 81.4 Å². The van der Waals surface area contributed by atoms with Crippen LogP contribution in [0.15, 0.2) is 42.5 Å². The van der Waals surface area contributed by atoms with Crippen LogP contribution in [0.3, 0.4) is 0 Å². The number of carbonyl (C=O) groups is 2. The van der Waals surface area contributed by atoms with Gasteiger partial charge in [0.2, 0.25) is 0 Å². The molecule has 11 heteroatoms. The summed E-state index contributed by atoms with van der Waals surface area (Å²) in [5.41, 5.74) is 7.34. The van der Waals surface area contributed by atoms with Crippen molar-refractivity contribution < 1.29 is 19.1 Å². The number of benzene rings is 3. The van der Waals surface area contributed by atoms with Crippen molar-refractivity contribution in [1.29, 1.82) is 5.26 Å². The van der Waals surface area contributed by atoms with Crippen molar-refractivity contribution in [3.63, 3.8) is 0 Å². The number of nitrogens with one attached hydrogen (secondary N) is 1. The van der Waals surface area contributed by atoms with E-state index >= 15 is 0 Å². The fourth-order valence-corrected chi connectivity index (χ4v) is 12.0. The van der Waals surface area contributed by atoms with Crippen LogP contribution in [0.25, 0.3) is 0 Å². The number of likely N-dealkylation sites (N-methyl/N-ethyl adjacent to an activating group) is 2. The summed E-state index contributed by atoms with van der Waals surface area (Å²) < 4.78 is 11.4. The molecule has 268 valence electrons. The van der Waals surface area contributed by atoms with Gasteiger partial charge >= 0.3 is 0 Å². The number of nitriles is 1. The second-order valence-corrected chi connectivity index (χ2v) is 19.5. The standard InChI is InChI=1S/C40H48ClN5O4Si/c1-44-15-11-27-21-32-36(24-34(27)44)51(3,4)37-25-35-28(12-16-45(35)2)22-33(37)40(32)31-23-29(9-10-30(31)39(48)46(40)26-42)38(47)43-14-18-50-20-19-49-17-8-6-5-7-13-41/h9-10,21-25H,5-8,11-20H2,1-4H3,(H,43,47). The highest BCUT2D eigenvalue weighted by molar-refractivity contribution is 7.01. The summed E-state index contributed by atoms with van der Waals surface area (Å²) >= 11 is 5.73. The van der Waals surface area contributed by atoms with Gasteiger partial charge in [-0.3, -0.25) is 9.59 Å². The van der Waals surface area contributed by atoms with E-state index in [9.17, 15) is 14.9 Å². The Labute approximate surface area is 307 Å². The molecule has 0 bridgehead atoms. The molecule has 0 atom stereocenters. The summed E-state index contributed by atoms with van der Waals surface area (Å²) in [6.45, 7) is 9.01. The molecule has 0 unspecified atom stereocenters. The minimum Gasteiger partial charge on any atom is -0.379 e. The van der Waals surface area contributed by atoms with E-state index in [1.807, 2.05) is 6.07 Å². The molecule has 3 aromatic rings. The Morgan fingerprint density at radius 3 is 2.08 bits per heavy atom. The average Bonchev–Trinajstić information content (AvgIpc) is 3.76. The molecule has 9 nitrogen and oxygen atoms in total. The molecule has 0 aromatic heterocycles. The molecule has 7 rings (SSSR count). The van der Waals surface area contributed by atoms with E-state index < -0.39 is 13.6 Å². The largest absolute Gasteiger partial charge is 0.379 e. The van der Waals surface area contributed by atoms with Gasteiger partial charge in [-0.25, -0.2) is 4.90 Å². The summed E-state index contributed by atoms with van der Waals surface area (Å²) in [6.07, 6.45) is 8.46. The first-order valence-corrected chi connectivity index (χ1v) is 21.8. The Morgan fingerprint density at radius 1 is 0.863 bits per heavy atom. The Hall–Kier alpha value is -3.88. The summed E-state index contributed by atoms with van der Waals surface area (Å²) in [5, 5.41) is 16.3. The zero-order valence-electron chi connectivity index (χ0n) is 30.2. The number of nitrogens with zero attached hydrogens (tertiary/aromatic N) is 4. The number of hydrogen-bond acceptors (Lipinski definition) is 7. The molecule has 1 N–H and O–H groups in total. The molecule has 51 heavy (non-hydrogen) atoms. The molecule has 4 aliphatic heterocycles. The van der Waals surface area contributed by atoms with E-state index in [2.05, 4.69) is 72.8 Å². The SMILES string of the molecule is CN1CCc2cc3c(cc21)[Si](C)(C)c1cc2c(cc1C31c3cc(C(=O)NCCOCCOCCCCCCCl)ccc3C(=O)N1C#N)CCN2C. The number of halogens is 1. The van der Waals surface area contributed by atoms with Crippen LogP contribution in [-0.4, -0.2) is 90.8 Å². The Balaban J connectivity index is 1.21. The molecule has 2 amide bonds. The second-order valence-electron chi connectivity index (χ2n) is 14.8. The fraction of sp³-hybridized carbons (Fsp3) is 0.475. The van der Waals surface area contributed by atoms with Gasteiger partial charge in [0, 0.05) is 74.3 Å². The van der Waals surface area contributed by atoms with Gasteiger partial charge in [-0.05, 0) is 88.6 Å². The van der Waals surface area contributed by atoms with Gasteiger partial charge in [0.05, 0.1) is 19.8 Å². The molecule has 0 radical (unpaired) electrons. The molecule has 4 aliphatic rings. The van der Waals surface area contributed by atoms with Crippen molar-refractivity contribution >= 4 is 53.2 Å². The third-order valence-corrected chi connectivity index (χ3v) is 15.2. The highest BCUT2D eigenvalue weighted by Crippen LogP contribution is 2.52. The number of anilines is 2. The van der Waals surface area contributed by atoms with Crippen LogP contribution in [0.4, 0.5) is 11.4 Å². The van der Waals surface area contributed by atoms with Crippen LogP contribution in [0.2, 0.25) is 13.1 Å². The monoisotopic (exact) mass is 725 g/mol. The maximum absolute atomic E-state index is 14.3. The number of fused-ring (bicyclic) bond motifs is 8. The van der Waals surface area contributed by atoms with Gasteiger partial charge in [0.15, 0.2) is 6.19 Å². The predicted molar refractivity (Wildman–Crippen MR) is 205 cm³/mol. The third kappa shape index (κ3) is 5.92. The van der Waals surface area contributed by atoms with Gasteiger partial charge in [0.1, 0.15) is 13.6 Å². The lowest BCUT2D eigenvalue weighted by atomic mass is 9.75. The lowest BCUT2D eigenvalue weighted by Crippen LogP contribution is -2.65. The molecule has 4 heterocycles. The Kier molecular flexibility index (Phi) is 9.94. The van der Waals surface area contributed by atoms with Crippen LogP contribution in [0.5, 0.6) is 0 Å². The summed E-state index contributed by atoms with van der Waals surface area (Å²) in [4.78, 5) is 33.9. The highest BCUT2D eigenvalue weighted by Gasteiger charge is 2.59. The minimum atomic E-state index is -2.34. The highest BCUT2D eigenvalue weighted by atomic mass is 35.5. The number of carbonyl (C=O) groups excluding carboxylic acids is 2. The van der Waals surface area contributed by atoms with Crippen LogP contribution in [0, 0.1) is 11.5 Å². The van der Waals surface area contributed by atoms with Crippen molar-refractivity contribution in [1.82, 2.24) is 10.2 Å². The predicted octanol–water partition coefficient (Wildman–Crippen LogP) is 4.60. The van der Waals surface area contributed by atoms with Gasteiger partial charge < -0.3 is 24.6 Å². The van der Waals surface area contributed by atoms with E-state index in [1.54, 1.807) is 12.1 Å². The Morgan fingerprint density at radius 2 is 1.47 bits per heavy atom. The molecular formula is C40H48ClN5O4Si. The van der Waals surface area contributed by atoms with Gasteiger partial charge in [-0.1, -0.05) is 38.1 Å². The summed E-state index contributed by atoms with van der Waals surface area (Å²) in [6, 6.07) is 14.5. The third-order valence-electron chi connectivity index (χ3n) is 11.4.